The molecule has 17 heavy (non-hydrogen) atoms. The van der Waals surface area contributed by atoms with E-state index in [0.29, 0.717) is 12.2 Å². The highest BCUT2D eigenvalue weighted by atomic mass is 32.2. The van der Waals surface area contributed by atoms with Gasteiger partial charge in [0, 0.05) is 12.0 Å². The van der Waals surface area contributed by atoms with Gasteiger partial charge in [0.1, 0.15) is 5.82 Å². The van der Waals surface area contributed by atoms with Gasteiger partial charge in [-0.3, -0.25) is 4.79 Å². The Hall–Kier alpha value is -1.36. The van der Waals surface area contributed by atoms with Crippen LogP contribution in [0.5, 0.6) is 0 Å². The molecule has 0 spiro atoms. The summed E-state index contributed by atoms with van der Waals surface area (Å²) < 4.78 is 12.6. The van der Waals surface area contributed by atoms with Crippen molar-refractivity contribution in [3.8, 4) is 0 Å². The SMILES string of the molecule is N=CC(CCSCc1ccc(F)cc1)C(=O)O. The molecule has 92 valence electrons. The van der Waals surface area contributed by atoms with Crippen molar-refractivity contribution >= 4 is 23.9 Å². The minimum atomic E-state index is -0.956. The molecule has 1 atom stereocenters. The lowest BCUT2D eigenvalue weighted by Gasteiger charge is -2.05. The van der Waals surface area contributed by atoms with Crippen LogP contribution in [0, 0.1) is 17.1 Å². The first-order chi connectivity index (χ1) is 8.13. The topological polar surface area (TPSA) is 61.2 Å². The molecule has 1 aromatic carbocycles. The van der Waals surface area contributed by atoms with Gasteiger partial charge in [-0.25, -0.2) is 4.39 Å². The number of halogens is 1. The molecule has 0 fully saturated rings. The monoisotopic (exact) mass is 255 g/mol. The molecule has 5 heteroatoms. The van der Waals surface area contributed by atoms with Crippen molar-refractivity contribution in [2.75, 3.05) is 5.75 Å². The maximum atomic E-state index is 12.6. The second kappa shape index (κ2) is 7.06. The Labute approximate surface area is 104 Å². The van der Waals surface area contributed by atoms with Gasteiger partial charge in [0.25, 0.3) is 0 Å². The molecule has 0 aliphatic heterocycles. The summed E-state index contributed by atoms with van der Waals surface area (Å²) in [4.78, 5) is 10.6. The van der Waals surface area contributed by atoms with Gasteiger partial charge in [0.05, 0.1) is 5.92 Å². The molecule has 0 heterocycles. The fourth-order valence-corrected chi connectivity index (χ4v) is 2.25. The van der Waals surface area contributed by atoms with Crippen molar-refractivity contribution < 1.29 is 14.3 Å². The highest BCUT2D eigenvalue weighted by Crippen LogP contribution is 2.15. The molecule has 0 aromatic heterocycles. The van der Waals surface area contributed by atoms with Crippen LogP contribution in [0.1, 0.15) is 12.0 Å². The lowest BCUT2D eigenvalue weighted by molar-refractivity contribution is -0.139. The van der Waals surface area contributed by atoms with Crippen molar-refractivity contribution in [2.24, 2.45) is 5.92 Å². The van der Waals surface area contributed by atoms with Crippen molar-refractivity contribution in [1.29, 1.82) is 5.41 Å². The minimum absolute atomic E-state index is 0.256. The van der Waals surface area contributed by atoms with E-state index in [0.717, 1.165) is 17.5 Å². The zero-order valence-electron chi connectivity index (χ0n) is 9.23. The first-order valence-electron chi connectivity index (χ1n) is 5.19. The van der Waals surface area contributed by atoms with E-state index < -0.39 is 11.9 Å². The lowest BCUT2D eigenvalue weighted by atomic mass is 10.1. The van der Waals surface area contributed by atoms with Gasteiger partial charge in [0.2, 0.25) is 0 Å². The summed E-state index contributed by atoms with van der Waals surface area (Å²) in [6, 6.07) is 6.25. The molecule has 1 aromatic rings. The van der Waals surface area contributed by atoms with Crippen molar-refractivity contribution in [3.05, 3.63) is 35.6 Å². The maximum absolute atomic E-state index is 12.6. The van der Waals surface area contributed by atoms with E-state index in [9.17, 15) is 9.18 Å². The van der Waals surface area contributed by atoms with Crippen LogP contribution in [0.2, 0.25) is 0 Å². The standard InChI is InChI=1S/C12H14FNO2S/c13-11-3-1-9(2-4-11)8-17-6-5-10(7-14)12(15)16/h1-4,7,10,14H,5-6,8H2,(H,15,16). The van der Waals surface area contributed by atoms with Crippen molar-refractivity contribution in [3.63, 3.8) is 0 Å². The Balaban J connectivity index is 2.26. The normalized spacial score (nSPS) is 12.1. The summed E-state index contributed by atoms with van der Waals surface area (Å²) in [5.41, 5.74) is 1.01. The van der Waals surface area contributed by atoms with Crippen LogP contribution in [0.25, 0.3) is 0 Å². The molecule has 1 rings (SSSR count). The van der Waals surface area contributed by atoms with Crippen LogP contribution >= 0.6 is 11.8 Å². The smallest absolute Gasteiger partial charge is 0.311 e. The summed E-state index contributed by atoms with van der Waals surface area (Å²) in [6.07, 6.45) is 1.41. The van der Waals surface area contributed by atoms with Crippen LogP contribution in [-0.2, 0) is 10.5 Å². The second-order valence-electron chi connectivity index (χ2n) is 3.58. The van der Waals surface area contributed by atoms with E-state index in [1.165, 1.54) is 12.1 Å². The molecule has 0 aliphatic rings. The number of carboxylic acid groups (broad SMARTS) is 1. The zero-order chi connectivity index (χ0) is 12.7. The van der Waals surface area contributed by atoms with Crippen LogP contribution in [0.4, 0.5) is 4.39 Å². The first-order valence-corrected chi connectivity index (χ1v) is 6.34. The quantitative estimate of drug-likeness (QED) is 0.581. The molecular formula is C12H14FNO2S. The molecule has 0 aliphatic carbocycles. The van der Waals surface area contributed by atoms with Crippen LogP contribution in [-0.4, -0.2) is 23.0 Å². The first kappa shape index (κ1) is 13.7. The Morgan fingerprint density at radius 3 is 2.65 bits per heavy atom. The van der Waals surface area contributed by atoms with E-state index >= 15 is 0 Å². The average Bonchev–Trinajstić information content (AvgIpc) is 2.31. The summed E-state index contributed by atoms with van der Waals surface area (Å²) in [5, 5.41) is 15.7. The number of hydrogen-bond acceptors (Lipinski definition) is 3. The Bertz CT molecular complexity index is 381. The van der Waals surface area contributed by atoms with Gasteiger partial charge in [-0.05, 0) is 29.9 Å². The molecule has 2 N–H and O–H groups in total. The molecule has 0 bridgehead atoms. The van der Waals surface area contributed by atoms with Gasteiger partial charge < -0.3 is 10.5 Å². The molecule has 1 unspecified atom stereocenters. The summed E-state index contributed by atoms with van der Waals surface area (Å²) in [5.74, 6) is -0.513. The molecule has 0 saturated carbocycles. The Morgan fingerprint density at radius 2 is 2.12 bits per heavy atom. The van der Waals surface area contributed by atoms with Gasteiger partial charge in [-0.1, -0.05) is 12.1 Å². The molecular weight excluding hydrogens is 241 g/mol. The number of benzene rings is 1. The predicted octanol–water partition coefficient (Wildman–Crippen LogP) is 2.80. The molecule has 3 nitrogen and oxygen atoms in total. The Kier molecular flexibility index (Phi) is 5.69. The van der Waals surface area contributed by atoms with Crippen molar-refractivity contribution in [1.82, 2.24) is 0 Å². The summed E-state index contributed by atoms with van der Waals surface area (Å²) >= 11 is 1.58. The molecule has 0 radical (unpaired) electrons. The molecule has 0 saturated heterocycles. The number of thioether (sulfide) groups is 1. The number of aliphatic carboxylic acids is 1. The third-order valence-corrected chi connectivity index (χ3v) is 3.34. The summed E-state index contributed by atoms with van der Waals surface area (Å²) in [6.45, 7) is 0. The average molecular weight is 255 g/mol. The number of rotatable bonds is 7. The van der Waals surface area contributed by atoms with Crippen LogP contribution in [0.3, 0.4) is 0 Å². The predicted molar refractivity (Wildman–Crippen MR) is 67.1 cm³/mol. The number of carbonyl (C=O) groups is 1. The van der Waals surface area contributed by atoms with Gasteiger partial charge in [-0.2, -0.15) is 11.8 Å². The van der Waals surface area contributed by atoms with E-state index in [-0.39, 0.29) is 5.82 Å². The summed E-state index contributed by atoms with van der Waals surface area (Å²) in [7, 11) is 0. The fraction of sp³-hybridized carbons (Fsp3) is 0.333. The highest BCUT2D eigenvalue weighted by Gasteiger charge is 2.13. The third kappa shape index (κ3) is 4.99. The second-order valence-corrected chi connectivity index (χ2v) is 4.68. The maximum Gasteiger partial charge on any atom is 0.311 e. The van der Waals surface area contributed by atoms with E-state index in [4.69, 9.17) is 10.5 Å². The van der Waals surface area contributed by atoms with Gasteiger partial charge in [0.15, 0.2) is 0 Å². The van der Waals surface area contributed by atoms with Crippen LogP contribution < -0.4 is 0 Å². The van der Waals surface area contributed by atoms with Gasteiger partial charge >= 0.3 is 5.97 Å². The number of nitrogens with one attached hydrogen (secondary N) is 1. The third-order valence-electron chi connectivity index (χ3n) is 2.27. The van der Waals surface area contributed by atoms with Crippen LogP contribution in [0.15, 0.2) is 24.3 Å². The largest absolute Gasteiger partial charge is 0.481 e. The van der Waals surface area contributed by atoms with E-state index in [1.807, 2.05) is 0 Å². The van der Waals surface area contributed by atoms with E-state index in [1.54, 1.807) is 23.9 Å². The van der Waals surface area contributed by atoms with Gasteiger partial charge in [-0.15, -0.1) is 0 Å². The Morgan fingerprint density at radius 1 is 1.47 bits per heavy atom. The van der Waals surface area contributed by atoms with E-state index in [2.05, 4.69) is 0 Å². The number of hydrogen-bond donors (Lipinski definition) is 2. The fourth-order valence-electron chi connectivity index (χ4n) is 1.26. The molecule has 0 amide bonds. The number of carboxylic acids is 1. The highest BCUT2D eigenvalue weighted by molar-refractivity contribution is 7.98. The zero-order valence-corrected chi connectivity index (χ0v) is 10.0. The minimum Gasteiger partial charge on any atom is -0.481 e. The van der Waals surface area contributed by atoms with Crippen molar-refractivity contribution in [2.45, 2.75) is 12.2 Å². The lowest BCUT2D eigenvalue weighted by Crippen LogP contribution is -2.15.